The van der Waals surface area contributed by atoms with E-state index in [-0.39, 0.29) is 30.1 Å². The number of aromatic carboxylic acids is 1. The highest BCUT2D eigenvalue weighted by molar-refractivity contribution is 6.56. The molecule has 0 aromatic heterocycles. The minimum absolute atomic E-state index is 0.0359. The monoisotopic (exact) mass is 593 g/mol. The fraction of sp³-hybridized carbons (Fsp3) is 0.312. The Morgan fingerprint density at radius 2 is 1.51 bits per heavy atom. The Morgan fingerprint density at radius 3 is 2.05 bits per heavy atom. The number of carbonyl (C=O) groups is 2. The Hall–Kier alpha value is -4.09. The Kier molecular flexibility index (Phi) is 7.91. The maximum Gasteiger partial charge on any atom is 0.492 e. The number of alkyl carbamates (subject to hydrolysis) is 1. The number of nitrogens with one attached hydrogen (secondary N) is 1. The quantitative estimate of drug-likeness (QED) is 0.288. The van der Waals surface area contributed by atoms with Crippen molar-refractivity contribution in [2.45, 2.75) is 51.0 Å². The number of fused-ring (bicyclic) bond motifs is 3. The highest BCUT2D eigenvalue weighted by atomic mass is 19.4. The first-order chi connectivity index (χ1) is 20.2. The molecule has 0 unspecified atom stereocenters. The lowest BCUT2D eigenvalue weighted by molar-refractivity contribution is -0.137. The van der Waals surface area contributed by atoms with Crippen LogP contribution >= 0.6 is 0 Å². The molecule has 0 atom stereocenters. The van der Waals surface area contributed by atoms with Crippen LogP contribution in [0.4, 0.5) is 18.0 Å². The standard InChI is InChI=1S/C32H31BF3NO6/c1-30(2)31(3,4)43-33(42-30)22(15-19-13-20(28(38)39)16-21(14-19)32(34,35)36)17-37-29(40)41-18-27-25-11-7-5-9-23(25)24-10-6-8-12-26(24)27/h5-16,27H,17-18H2,1-4H3,(H,37,40)(H,38,39). The van der Waals surface area contributed by atoms with E-state index in [4.69, 9.17) is 14.0 Å². The van der Waals surface area contributed by atoms with Gasteiger partial charge in [0.1, 0.15) is 6.61 Å². The summed E-state index contributed by atoms with van der Waals surface area (Å²) in [6, 6.07) is 18.4. The van der Waals surface area contributed by atoms with E-state index in [2.05, 4.69) is 5.32 Å². The molecule has 2 N–H and O–H groups in total. The van der Waals surface area contributed by atoms with E-state index in [0.717, 1.165) is 34.4 Å². The number of carboxylic acids is 1. The number of hydrogen-bond donors (Lipinski definition) is 2. The second-order valence-electron chi connectivity index (χ2n) is 11.6. The van der Waals surface area contributed by atoms with Gasteiger partial charge in [-0.25, -0.2) is 9.59 Å². The van der Waals surface area contributed by atoms with Crippen molar-refractivity contribution in [1.82, 2.24) is 5.32 Å². The van der Waals surface area contributed by atoms with Gasteiger partial charge in [-0.3, -0.25) is 0 Å². The van der Waals surface area contributed by atoms with E-state index in [1.54, 1.807) is 0 Å². The zero-order valence-corrected chi connectivity index (χ0v) is 24.1. The van der Waals surface area contributed by atoms with Gasteiger partial charge < -0.3 is 24.5 Å². The van der Waals surface area contributed by atoms with Crippen molar-refractivity contribution < 1.29 is 41.9 Å². The van der Waals surface area contributed by atoms with Crippen LogP contribution in [0.3, 0.4) is 0 Å². The van der Waals surface area contributed by atoms with Crippen molar-refractivity contribution in [1.29, 1.82) is 0 Å². The van der Waals surface area contributed by atoms with Crippen LogP contribution in [0.2, 0.25) is 0 Å². The molecule has 43 heavy (non-hydrogen) atoms. The van der Waals surface area contributed by atoms with E-state index in [1.807, 2.05) is 76.2 Å². The van der Waals surface area contributed by atoms with Crippen LogP contribution in [0.5, 0.6) is 0 Å². The molecule has 0 bridgehead atoms. The molecule has 1 aliphatic carbocycles. The van der Waals surface area contributed by atoms with Gasteiger partial charge in [0.05, 0.1) is 22.3 Å². The minimum atomic E-state index is -4.77. The molecule has 11 heteroatoms. The van der Waals surface area contributed by atoms with Crippen molar-refractivity contribution in [3.63, 3.8) is 0 Å². The number of halogens is 3. The Bertz CT molecular complexity index is 1540. The van der Waals surface area contributed by atoms with Crippen LogP contribution in [0, 0.1) is 0 Å². The summed E-state index contributed by atoms with van der Waals surface area (Å²) in [5.74, 6) is -1.66. The average Bonchev–Trinajstić information content (AvgIpc) is 3.37. The highest BCUT2D eigenvalue weighted by Crippen LogP contribution is 2.44. The molecule has 1 aliphatic heterocycles. The third kappa shape index (κ3) is 6.19. The maximum atomic E-state index is 13.6. The van der Waals surface area contributed by atoms with Crippen LogP contribution in [-0.2, 0) is 20.2 Å². The summed E-state index contributed by atoms with van der Waals surface area (Å²) in [4.78, 5) is 24.5. The van der Waals surface area contributed by atoms with E-state index in [1.165, 1.54) is 6.08 Å². The lowest BCUT2D eigenvalue weighted by atomic mass is 9.76. The lowest BCUT2D eigenvalue weighted by Crippen LogP contribution is -2.41. The number of rotatable bonds is 7. The Balaban J connectivity index is 1.37. The van der Waals surface area contributed by atoms with Gasteiger partial charge in [0.25, 0.3) is 0 Å². The number of alkyl halides is 3. The van der Waals surface area contributed by atoms with Crippen LogP contribution < -0.4 is 5.32 Å². The maximum absolute atomic E-state index is 13.6. The normalized spacial score (nSPS) is 17.4. The largest absolute Gasteiger partial charge is 0.492 e. The van der Waals surface area contributed by atoms with Crippen molar-refractivity contribution in [3.05, 3.63) is 100 Å². The molecular weight excluding hydrogens is 562 g/mol. The molecule has 0 saturated carbocycles. The van der Waals surface area contributed by atoms with E-state index in [9.17, 15) is 27.9 Å². The molecule has 2 aliphatic rings. The smallest absolute Gasteiger partial charge is 0.478 e. The topological polar surface area (TPSA) is 94.1 Å². The second kappa shape index (κ2) is 11.2. The summed E-state index contributed by atoms with van der Waals surface area (Å²) >= 11 is 0. The van der Waals surface area contributed by atoms with Crippen molar-refractivity contribution in [2.75, 3.05) is 13.2 Å². The van der Waals surface area contributed by atoms with E-state index >= 15 is 0 Å². The van der Waals surface area contributed by atoms with Gasteiger partial charge in [-0.05, 0) is 79.2 Å². The van der Waals surface area contributed by atoms with Gasteiger partial charge in [-0.2, -0.15) is 13.2 Å². The van der Waals surface area contributed by atoms with Crippen LogP contribution in [0.25, 0.3) is 17.2 Å². The first kappa shape index (κ1) is 30.4. The van der Waals surface area contributed by atoms with Crippen LogP contribution in [-0.4, -0.2) is 48.6 Å². The Labute approximate surface area is 247 Å². The van der Waals surface area contributed by atoms with Gasteiger partial charge >= 0.3 is 25.4 Å². The van der Waals surface area contributed by atoms with Gasteiger partial charge in [-0.1, -0.05) is 54.6 Å². The third-order valence-corrected chi connectivity index (χ3v) is 8.22. The van der Waals surface area contributed by atoms with Gasteiger partial charge in [0.2, 0.25) is 0 Å². The van der Waals surface area contributed by atoms with Crippen molar-refractivity contribution in [2.24, 2.45) is 0 Å². The van der Waals surface area contributed by atoms with E-state index in [0.29, 0.717) is 6.07 Å². The summed E-state index contributed by atoms with van der Waals surface area (Å²) in [7, 11) is -1.03. The molecule has 0 spiro atoms. The number of benzene rings is 3. The first-order valence-electron chi connectivity index (χ1n) is 13.8. The van der Waals surface area contributed by atoms with Gasteiger partial charge in [0.15, 0.2) is 0 Å². The number of amides is 1. The molecule has 5 rings (SSSR count). The number of carboxylic acid groups (broad SMARTS) is 1. The van der Waals surface area contributed by atoms with Crippen molar-refractivity contribution in [3.8, 4) is 11.1 Å². The summed E-state index contributed by atoms with van der Waals surface area (Å²) < 4.78 is 58.5. The molecule has 1 fully saturated rings. The van der Waals surface area contributed by atoms with Gasteiger partial charge in [-0.15, -0.1) is 0 Å². The minimum Gasteiger partial charge on any atom is -0.478 e. The fourth-order valence-electron chi connectivity index (χ4n) is 5.26. The molecule has 3 aromatic carbocycles. The number of ether oxygens (including phenoxy) is 1. The summed E-state index contributed by atoms with van der Waals surface area (Å²) in [5.41, 5.74) is 1.31. The SMILES string of the molecule is CC1(C)OB(C(=Cc2cc(C(=O)O)cc(C(F)(F)F)c2)CNC(=O)OCC2c3ccccc3-c3ccccc32)OC1(C)C. The molecule has 7 nitrogen and oxygen atoms in total. The molecular formula is C32H31BF3NO6. The zero-order chi connectivity index (χ0) is 31.2. The van der Waals surface area contributed by atoms with E-state index < -0.39 is 47.7 Å². The molecule has 1 heterocycles. The Morgan fingerprint density at radius 1 is 0.953 bits per heavy atom. The molecule has 1 saturated heterocycles. The number of carbonyl (C=O) groups excluding carboxylic acids is 1. The zero-order valence-electron chi connectivity index (χ0n) is 24.1. The average molecular weight is 593 g/mol. The second-order valence-corrected chi connectivity index (χ2v) is 11.6. The van der Waals surface area contributed by atoms with Crippen molar-refractivity contribution >= 4 is 25.3 Å². The number of hydrogen-bond acceptors (Lipinski definition) is 5. The summed E-state index contributed by atoms with van der Waals surface area (Å²) in [6.07, 6.45) is -4.16. The third-order valence-electron chi connectivity index (χ3n) is 8.22. The first-order valence-corrected chi connectivity index (χ1v) is 13.8. The summed E-state index contributed by atoms with van der Waals surface area (Å²) in [6.45, 7) is 7.15. The highest BCUT2D eigenvalue weighted by Gasteiger charge is 2.52. The molecule has 3 aromatic rings. The predicted molar refractivity (Wildman–Crippen MR) is 156 cm³/mol. The predicted octanol–water partition coefficient (Wildman–Crippen LogP) is 6.96. The van der Waals surface area contributed by atoms with Crippen LogP contribution in [0.15, 0.2) is 72.2 Å². The molecule has 1 amide bonds. The summed E-state index contributed by atoms with van der Waals surface area (Å²) in [5, 5.41) is 12.1. The molecule has 224 valence electrons. The van der Waals surface area contributed by atoms with Crippen LogP contribution in [0.1, 0.15) is 66.2 Å². The molecule has 0 radical (unpaired) electrons. The van der Waals surface area contributed by atoms with Gasteiger partial charge in [0, 0.05) is 12.5 Å². The fourth-order valence-corrected chi connectivity index (χ4v) is 5.26. The lowest BCUT2D eigenvalue weighted by Gasteiger charge is -2.32.